The van der Waals surface area contributed by atoms with Gasteiger partial charge in [-0.25, -0.2) is 13.4 Å². The maximum absolute atomic E-state index is 12.7. The van der Waals surface area contributed by atoms with E-state index < -0.39 is 22.0 Å². The second-order valence-electron chi connectivity index (χ2n) is 6.64. The maximum atomic E-state index is 12.7. The number of amides is 1. The van der Waals surface area contributed by atoms with Crippen molar-refractivity contribution >= 4 is 15.9 Å². The fourth-order valence-electron chi connectivity index (χ4n) is 2.35. The van der Waals surface area contributed by atoms with Gasteiger partial charge in [-0.05, 0) is 43.0 Å². The Hall–Kier alpha value is -2.26. The zero-order chi connectivity index (χ0) is 19.5. The molecular formula is C17H25N5O3S. The van der Waals surface area contributed by atoms with Crippen LogP contribution in [0.3, 0.4) is 0 Å². The summed E-state index contributed by atoms with van der Waals surface area (Å²) in [4.78, 5) is 16.7. The number of aryl methyl sites for hydroxylation is 3. The fraction of sp³-hybridized carbons (Fsp3) is 0.471. The lowest BCUT2D eigenvalue weighted by molar-refractivity contribution is -0.123. The molecule has 0 fully saturated rings. The van der Waals surface area contributed by atoms with Gasteiger partial charge in [-0.2, -0.15) is 9.82 Å². The molecule has 142 valence electrons. The lowest BCUT2D eigenvalue weighted by Crippen LogP contribution is -2.49. The molecule has 1 atom stereocenters. The Balaban J connectivity index is 2.12. The van der Waals surface area contributed by atoms with Gasteiger partial charge in [0.2, 0.25) is 15.9 Å². The Kier molecular flexibility index (Phi) is 6.14. The summed E-state index contributed by atoms with van der Waals surface area (Å²) in [6, 6.07) is 3.99. The first-order valence-corrected chi connectivity index (χ1v) is 9.80. The molecule has 1 heterocycles. The summed E-state index contributed by atoms with van der Waals surface area (Å²) in [7, 11) is -2.08. The van der Waals surface area contributed by atoms with E-state index >= 15 is 0 Å². The molecule has 2 aromatic rings. The van der Waals surface area contributed by atoms with Crippen LogP contribution >= 0.6 is 0 Å². The Morgan fingerprint density at radius 3 is 2.46 bits per heavy atom. The number of aromatic nitrogens is 3. The van der Waals surface area contributed by atoms with Crippen molar-refractivity contribution in [3.8, 4) is 0 Å². The van der Waals surface area contributed by atoms with Crippen LogP contribution in [0.2, 0.25) is 0 Å². The third-order valence-electron chi connectivity index (χ3n) is 4.09. The van der Waals surface area contributed by atoms with E-state index in [1.165, 1.54) is 17.1 Å². The van der Waals surface area contributed by atoms with Gasteiger partial charge in [0, 0.05) is 7.05 Å². The van der Waals surface area contributed by atoms with Crippen LogP contribution in [0.1, 0.15) is 30.8 Å². The van der Waals surface area contributed by atoms with Gasteiger partial charge in [0.05, 0.1) is 11.4 Å². The van der Waals surface area contributed by atoms with Crippen LogP contribution < -0.4 is 10.0 Å². The Bertz CT molecular complexity index is 890. The molecule has 0 saturated heterocycles. The van der Waals surface area contributed by atoms with Crippen molar-refractivity contribution in [2.24, 2.45) is 13.0 Å². The normalized spacial score (nSPS) is 13.0. The highest BCUT2D eigenvalue weighted by Crippen LogP contribution is 2.16. The summed E-state index contributed by atoms with van der Waals surface area (Å²) >= 11 is 0. The third-order valence-corrected chi connectivity index (χ3v) is 5.53. The molecule has 0 bridgehead atoms. The third kappa shape index (κ3) is 4.89. The van der Waals surface area contributed by atoms with E-state index in [0.717, 1.165) is 11.1 Å². The molecule has 9 heteroatoms. The van der Waals surface area contributed by atoms with Gasteiger partial charge >= 0.3 is 0 Å². The number of carbonyl (C=O) groups excluding carboxylic acids is 1. The monoisotopic (exact) mass is 379 g/mol. The molecule has 0 aliphatic rings. The summed E-state index contributed by atoms with van der Waals surface area (Å²) in [5.41, 5.74) is 1.88. The van der Waals surface area contributed by atoms with Crippen molar-refractivity contribution in [1.29, 1.82) is 0 Å². The van der Waals surface area contributed by atoms with Crippen molar-refractivity contribution in [2.45, 2.75) is 45.2 Å². The average molecular weight is 379 g/mol. The number of nitrogens with one attached hydrogen (secondary N) is 2. The van der Waals surface area contributed by atoms with Crippen LogP contribution in [-0.2, 0) is 28.4 Å². The molecule has 0 saturated carbocycles. The first kappa shape index (κ1) is 20.1. The Morgan fingerprint density at radius 2 is 1.92 bits per heavy atom. The predicted molar refractivity (Wildman–Crippen MR) is 97.7 cm³/mol. The zero-order valence-corrected chi connectivity index (χ0v) is 16.5. The van der Waals surface area contributed by atoms with Crippen LogP contribution in [0.25, 0.3) is 0 Å². The SMILES string of the molecule is Cc1ccc(S(=O)(=O)NC(C(=O)NCc2ncn(C)n2)C(C)C)cc1C. The fourth-order valence-corrected chi connectivity index (χ4v) is 3.78. The summed E-state index contributed by atoms with van der Waals surface area (Å²) in [6.45, 7) is 7.46. The highest BCUT2D eigenvalue weighted by Gasteiger charge is 2.28. The molecule has 1 aromatic heterocycles. The molecule has 0 radical (unpaired) electrons. The van der Waals surface area contributed by atoms with Crippen molar-refractivity contribution < 1.29 is 13.2 Å². The van der Waals surface area contributed by atoms with E-state index in [1.54, 1.807) is 33.0 Å². The Morgan fingerprint density at radius 1 is 1.23 bits per heavy atom. The lowest BCUT2D eigenvalue weighted by atomic mass is 10.1. The van der Waals surface area contributed by atoms with Gasteiger partial charge in [0.15, 0.2) is 5.82 Å². The van der Waals surface area contributed by atoms with Crippen molar-refractivity contribution in [3.05, 3.63) is 41.5 Å². The van der Waals surface area contributed by atoms with Crippen LogP contribution in [0.15, 0.2) is 29.4 Å². The number of rotatable bonds is 7. The number of nitrogens with zero attached hydrogens (tertiary/aromatic N) is 3. The zero-order valence-electron chi connectivity index (χ0n) is 15.6. The van der Waals surface area contributed by atoms with E-state index in [4.69, 9.17) is 0 Å². The first-order chi connectivity index (χ1) is 12.1. The standard InChI is InChI=1S/C17H25N5O3S/c1-11(2)16(17(23)18-9-15-19-10-22(5)20-15)21-26(24,25)14-7-6-12(3)13(4)8-14/h6-8,10-11,16,21H,9H2,1-5H3,(H,18,23). The van der Waals surface area contributed by atoms with Gasteiger partial charge in [-0.3, -0.25) is 9.48 Å². The van der Waals surface area contributed by atoms with Crippen LogP contribution in [0.4, 0.5) is 0 Å². The van der Waals surface area contributed by atoms with Gasteiger partial charge < -0.3 is 5.32 Å². The maximum Gasteiger partial charge on any atom is 0.241 e. The Labute approximate surface area is 154 Å². The van der Waals surface area contributed by atoms with E-state index in [2.05, 4.69) is 20.1 Å². The second kappa shape index (κ2) is 7.96. The molecule has 2 N–H and O–H groups in total. The van der Waals surface area contributed by atoms with Crippen LogP contribution in [0.5, 0.6) is 0 Å². The number of carbonyl (C=O) groups is 1. The van der Waals surface area contributed by atoms with Crippen LogP contribution in [0, 0.1) is 19.8 Å². The lowest BCUT2D eigenvalue weighted by Gasteiger charge is -2.21. The topological polar surface area (TPSA) is 106 Å². The summed E-state index contributed by atoms with van der Waals surface area (Å²) < 4.78 is 29.4. The minimum atomic E-state index is -3.81. The number of benzene rings is 1. The number of sulfonamides is 1. The average Bonchev–Trinajstić information content (AvgIpc) is 2.98. The first-order valence-electron chi connectivity index (χ1n) is 8.32. The highest BCUT2D eigenvalue weighted by molar-refractivity contribution is 7.89. The van der Waals surface area contributed by atoms with Crippen molar-refractivity contribution in [3.63, 3.8) is 0 Å². The molecular weight excluding hydrogens is 354 g/mol. The molecule has 1 amide bonds. The minimum absolute atomic E-state index is 0.133. The number of hydrogen-bond donors (Lipinski definition) is 2. The van der Waals surface area contributed by atoms with Gasteiger partial charge in [-0.15, -0.1) is 0 Å². The summed E-state index contributed by atoms with van der Waals surface area (Å²) in [5, 5.41) is 6.76. The number of hydrogen-bond acceptors (Lipinski definition) is 5. The molecule has 8 nitrogen and oxygen atoms in total. The van der Waals surface area contributed by atoms with Gasteiger partial charge in [0.1, 0.15) is 12.4 Å². The van der Waals surface area contributed by atoms with E-state index in [0.29, 0.717) is 5.82 Å². The second-order valence-corrected chi connectivity index (χ2v) is 8.36. The van der Waals surface area contributed by atoms with Crippen LogP contribution in [-0.4, -0.2) is 35.1 Å². The van der Waals surface area contributed by atoms with E-state index in [9.17, 15) is 13.2 Å². The predicted octanol–water partition coefficient (Wildman–Crippen LogP) is 1.05. The summed E-state index contributed by atoms with van der Waals surface area (Å²) in [5.74, 6) is -0.187. The molecule has 1 unspecified atom stereocenters. The highest BCUT2D eigenvalue weighted by atomic mass is 32.2. The molecule has 0 aliphatic heterocycles. The van der Waals surface area contributed by atoms with E-state index in [-0.39, 0.29) is 17.4 Å². The van der Waals surface area contributed by atoms with E-state index in [1.807, 2.05) is 13.8 Å². The van der Waals surface area contributed by atoms with Gasteiger partial charge in [-0.1, -0.05) is 19.9 Å². The quantitative estimate of drug-likeness (QED) is 0.748. The smallest absolute Gasteiger partial charge is 0.241 e. The minimum Gasteiger partial charge on any atom is -0.347 e. The molecule has 1 aromatic carbocycles. The van der Waals surface area contributed by atoms with Gasteiger partial charge in [0.25, 0.3) is 0 Å². The molecule has 0 aliphatic carbocycles. The van der Waals surface area contributed by atoms with Crippen molar-refractivity contribution in [1.82, 2.24) is 24.8 Å². The van der Waals surface area contributed by atoms with Crippen molar-refractivity contribution in [2.75, 3.05) is 0 Å². The molecule has 0 spiro atoms. The largest absolute Gasteiger partial charge is 0.347 e. The summed E-state index contributed by atoms with van der Waals surface area (Å²) in [6.07, 6.45) is 1.53. The molecule has 2 rings (SSSR count). The molecule has 26 heavy (non-hydrogen) atoms.